The van der Waals surface area contributed by atoms with E-state index in [1.165, 1.54) is 42.2 Å². The zero-order valence-electron chi connectivity index (χ0n) is 18.8. The van der Waals surface area contributed by atoms with Crippen molar-refractivity contribution in [3.8, 4) is 0 Å². The van der Waals surface area contributed by atoms with E-state index < -0.39 is 22.5 Å². The van der Waals surface area contributed by atoms with E-state index >= 15 is 0 Å². The van der Waals surface area contributed by atoms with Crippen LogP contribution in [0.5, 0.6) is 0 Å². The highest BCUT2D eigenvalue weighted by Gasteiger charge is 2.29. The lowest BCUT2D eigenvalue weighted by Gasteiger charge is -2.26. The van der Waals surface area contributed by atoms with Gasteiger partial charge in [-0.15, -0.1) is 0 Å². The smallest absolute Gasteiger partial charge is 0.264 e. The number of carbonyl (C=O) groups excluding carboxylic acids is 1. The largest absolute Gasteiger partial charge is 0.348 e. The molecule has 178 valence electrons. The number of hydrogen-bond donors (Lipinski definition) is 1. The first kappa shape index (κ1) is 24.6. The number of hydrogen-bond acceptors (Lipinski definition) is 3. The molecular formula is C26H26Cl2N2O3S. The second-order valence-corrected chi connectivity index (χ2v) is 11.1. The average molecular weight is 517 g/mol. The summed E-state index contributed by atoms with van der Waals surface area (Å²) in [5.41, 5.74) is 3.83. The van der Waals surface area contributed by atoms with E-state index in [2.05, 4.69) is 17.4 Å². The van der Waals surface area contributed by atoms with Crippen molar-refractivity contribution in [2.75, 3.05) is 10.8 Å². The van der Waals surface area contributed by atoms with Crippen LogP contribution < -0.4 is 9.62 Å². The van der Waals surface area contributed by atoms with Gasteiger partial charge in [0, 0.05) is 0 Å². The van der Waals surface area contributed by atoms with Crippen molar-refractivity contribution < 1.29 is 13.2 Å². The van der Waals surface area contributed by atoms with Crippen molar-refractivity contribution in [3.63, 3.8) is 0 Å². The summed E-state index contributed by atoms with van der Waals surface area (Å²) in [4.78, 5) is 13.1. The van der Waals surface area contributed by atoms with E-state index in [0.717, 1.165) is 22.7 Å². The van der Waals surface area contributed by atoms with Crippen LogP contribution >= 0.6 is 23.2 Å². The molecule has 1 aliphatic rings. The van der Waals surface area contributed by atoms with Gasteiger partial charge in [-0.2, -0.15) is 0 Å². The van der Waals surface area contributed by atoms with Crippen molar-refractivity contribution in [1.29, 1.82) is 0 Å². The Balaban J connectivity index is 1.60. The van der Waals surface area contributed by atoms with E-state index in [9.17, 15) is 13.2 Å². The number of carbonyl (C=O) groups is 1. The Morgan fingerprint density at radius 1 is 0.971 bits per heavy atom. The molecule has 0 aliphatic heterocycles. The summed E-state index contributed by atoms with van der Waals surface area (Å²) in [6.07, 6.45) is 4.50. The lowest BCUT2D eigenvalue weighted by Crippen LogP contribution is -2.41. The van der Waals surface area contributed by atoms with E-state index in [-0.39, 0.29) is 26.7 Å². The normalized spacial score (nSPS) is 14.2. The van der Waals surface area contributed by atoms with Crippen LogP contribution in [0.3, 0.4) is 0 Å². The van der Waals surface area contributed by atoms with Crippen molar-refractivity contribution in [2.24, 2.45) is 0 Å². The number of anilines is 1. The maximum atomic E-state index is 13.5. The molecule has 0 unspecified atom stereocenters. The third-order valence-corrected chi connectivity index (χ3v) is 8.65. The number of nitrogens with one attached hydrogen (secondary N) is 1. The minimum Gasteiger partial charge on any atom is -0.348 e. The predicted octanol–water partition coefficient (Wildman–Crippen LogP) is 5.94. The van der Waals surface area contributed by atoms with Gasteiger partial charge in [-0.1, -0.05) is 65.7 Å². The average Bonchev–Trinajstić information content (AvgIpc) is 2.84. The van der Waals surface area contributed by atoms with Crippen molar-refractivity contribution in [1.82, 2.24) is 5.32 Å². The molecular weight excluding hydrogens is 491 g/mol. The summed E-state index contributed by atoms with van der Waals surface area (Å²) in [7, 11) is -4.07. The molecule has 1 amide bonds. The zero-order chi connectivity index (χ0) is 24.3. The van der Waals surface area contributed by atoms with Crippen LogP contribution in [0, 0.1) is 0 Å². The first-order valence-electron chi connectivity index (χ1n) is 11.2. The van der Waals surface area contributed by atoms with Gasteiger partial charge in [0.25, 0.3) is 10.0 Å². The fourth-order valence-electron chi connectivity index (χ4n) is 4.23. The highest BCUT2D eigenvalue weighted by Crippen LogP contribution is 2.35. The molecule has 0 saturated carbocycles. The second-order valence-electron chi connectivity index (χ2n) is 8.42. The van der Waals surface area contributed by atoms with Crippen LogP contribution in [-0.2, 0) is 27.7 Å². The fourth-order valence-corrected chi connectivity index (χ4v) is 6.13. The topological polar surface area (TPSA) is 66.5 Å². The predicted molar refractivity (Wildman–Crippen MR) is 137 cm³/mol. The van der Waals surface area contributed by atoms with Crippen molar-refractivity contribution >= 4 is 44.8 Å². The number of sulfonamides is 1. The quantitative estimate of drug-likeness (QED) is 0.422. The monoisotopic (exact) mass is 516 g/mol. The molecule has 34 heavy (non-hydrogen) atoms. The third-order valence-electron chi connectivity index (χ3n) is 6.07. The minimum atomic E-state index is -4.07. The van der Waals surface area contributed by atoms with Gasteiger partial charge in [0.2, 0.25) is 5.91 Å². The first-order valence-corrected chi connectivity index (χ1v) is 13.4. The molecule has 1 aliphatic carbocycles. The Morgan fingerprint density at radius 3 is 2.41 bits per heavy atom. The second kappa shape index (κ2) is 10.4. The number of benzene rings is 3. The molecule has 1 N–H and O–H groups in total. The fraction of sp³-hybridized carbons (Fsp3) is 0.269. The maximum absolute atomic E-state index is 13.5. The molecule has 0 aromatic heterocycles. The Morgan fingerprint density at radius 2 is 1.68 bits per heavy atom. The Labute approximate surface area is 210 Å². The molecule has 5 nitrogen and oxygen atoms in total. The lowest BCUT2D eigenvalue weighted by molar-refractivity contribution is -0.120. The number of nitrogens with zero attached hydrogens (tertiary/aromatic N) is 1. The molecule has 3 aromatic rings. The summed E-state index contributed by atoms with van der Waals surface area (Å²) in [5.74, 6) is -0.444. The van der Waals surface area contributed by atoms with Crippen LogP contribution in [0.4, 0.5) is 5.69 Å². The Kier molecular flexibility index (Phi) is 7.51. The first-order chi connectivity index (χ1) is 16.3. The van der Waals surface area contributed by atoms with E-state index in [4.69, 9.17) is 23.2 Å². The van der Waals surface area contributed by atoms with Gasteiger partial charge in [-0.3, -0.25) is 9.10 Å². The molecule has 3 aromatic carbocycles. The highest BCUT2D eigenvalue weighted by molar-refractivity contribution is 7.92. The van der Waals surface area contributed by atoms with Crippen LogP contribution in [0.2, 0.25) is 10.0 Å². The number of aryl methyl sites for hydroxylation is 2. The van der Waals surface area contributed by atoms with Gasteiger partial charge in [0.1, 0.15) is 6.54 Å². The van der Waals surface area contributed by atoms with Gasteiger partial charge in [0.05, 0.1) is 26.7 Å². The number of fused-ring (bicyclic) bond motifs is 1. The van der Waals surface area contributed by atoms with Gasteiger partial charge >= 0.3 is 0 Å². The molecule has 1 atom stereocenters. The van der Waals surface area contributed by atoms with Crippen LogP contribution in [0.15, 0.2) is 71.6 Å². The highest BCUT2D eigenvalue weighted by atomic mass is 35.5. The summed E-state index contributed by atoms with van der Waals surface area (Å²) in [6, 6.07) is 18.7. The molecule has 0 bridgehead atoms. The van der Waals surface area contributed by atoms with Crippen molar-refractivity contribution in [3.05, 3.63) is 93.5 Å². The number of rotatable bonds is 7. The zero-order valence-corrected chi connectivity index (χ0v) is 21.1. The summed E-state index contributed by atoms with van der Waals surface area (Å²) in [6.45, 7) is 1.46. The molecule has 0 spiro atoms. The SMILES string of the molecule is C[C@@H](NC(=O)CN(c1cccc(Cl)c1Cl)S(=O)(=O)c1ccccc1)c1ccc2c(c1)CCCC2. The van der Waals surface area contributed by atoms with E-state index in [0.29, 0.717) is 0 Å². The van der Waals surface area contributed by atoms with Crippen LogP contribution in [0.25, 0.3) is 0 Å². The molecule has 0 saturated heterocycles. The maximum Gasteiger partial charge on any atom is 0.264 e. The molecule has 4 rings (SSSR count). The molecule has 0 radical (unpaired) electrons. The summed E-state index contributed by atoms with van der Waals surface area (Å²) >= 11 is 12.5. The Hall–Kier alpha value is -2.54. The number of amides is 1. The van der Waals surface area contributed by atoms with E-state index in [1.807, 2.05) is 13.0 Å². The van der Waals surface area contributed by atoms with E-state index in [1.54, 1.807) is 30.3 Å². The van der Waals surface area contributed by atoms with Gasteiger partial charge in [-0.05, 0) is 73.6 Å². The van der Waals surface area contributed by atoms with Crippen molar-refractivity contribution in [2.45, 2.75) is 43.5 Å². The van der Waals surface area contributed by atoms with Gasteiger partial charge < -0.3 is 5.32 Å². The van der Waals surface area contributed by atoms with Crippen LogP contribution in [-0.4, -0.2) is 20.9 Å². The minimum absolute atomic E-state index is 0.0570. The van der Waals surface area contributed by atoms with Gasteiger partial charge in [-0.25, -0.2) is 8.42 Å². The molecule has 0 heterocycles. The molecule has 0 fully saturated rings. The Bertz CT molecular complexity index is 1300. The lowest BCUT2D eigenvalue weighted by atomic mass is 9.89. The standard InChI is InChI=1S/C26H26Cl2N2O3S/c1-18(20-15-14-19-8-5-6-9-21(19)16-20)29-25(31)17-30(24-13-7-12-23(27)26(24)28)34(32,33)22-10-3-2-4-11-22/h2-4,7,10-16,18H,5-6,8-9,17H2,1H3,(H,29,31)/t18-/m1/s1. The third kappa shape index (κ3) is 5.24. The molecule has 8 heteroatoms. The summed E-state index contributed by atoms with van der Waals surface area (Å²) < 4.78 is 28.0. The number of halogens is 2. The van der Waals surface area contributed by atoms with Crippen LogP contribution in [0.1, 0.15) is 42.5 Å². The summed E-state index contributed by atoms with van der Waals surface area (Å²) in [5, 5.41) is 3.21. The van der Waals surface area contributed by atoms with Gasteiger partial charge in [0.15, 0.2) is 0 Å².